The van der Waals surface area contributed by atoms with E-state index >= 15 is 0 Å². The van der Waals surface area contributed by atoms with E-state index in [2.05, 4.69) is 15.5 Å². The molecule has 116 valence electrons. The Morgan fingerprint density at radius 2 is 2.00 bits per heavy atom. The summed E-state index contributed by atoms with van der Waals surface area (Å²) in [4.78, 5) is 12.2. The lowest BCUT2D eigenvalue weighted by Gasteiger charge is -2.04. The van der Waals surface area contributed by atoms with E-state index in [0.717, 1.165) is 11.1 Å². The predicted octanol–water partition coefficient (Wildman–Crippen LogP) is 4.56. The van der Waals surface area contributed by atoms with Crippen molar-refractivity contribution in [2.75, 3.05) is 5.32 Å². The zero-order valence-corrected chi connectivity index (χ0v) is 13.6. The number of carbonyl (C=O) groups excluding carboxylic acids is 1. The van der Waals surface area contributed by atoms with E-state index in [1.807, 2.05) is 31.2 Å². The molecule has 0 saturated heterocycles. The summed E-state index contributed by atoms with van der Waals surface area (Å²) in [6, 6.07) is 11.9. The molecule has 0 saturated carbocycles. The van der Waals surface area contributed by atoms with Crippen LogP contribution in [-0.4, -0.2) is 16.1 Å². The molecule has 23 heavy (non-hydrogen) atoms. The molecule has 4 nitrogen and oxygen atoms in total. The molecule has 2 aromatic carbocycles. The number of aryl methyl sites for hydroxylation is 1. The third-order valence-electron chi connectivity index (χ3n) is 3.10. The van der Waals surface area contributed by atoms with Crippen LogP contribution in [0.4, 0.5) is 9.52 Å². The summed E-state index contributed by atoms with van der Waals surface area (Å²) in [6.45, 7) is 1.98. The number of anilines is 1. The maximum atomic E-state index is 13.7. The fourth-order valence-corrected chi connectivity index (χ4v) is 3.03. The van der Waals surface area contributed by atoms with E-state index in [9.17, 15) is 9.18 Å². The summed E-state index contributed by atoms with van der Waals surface area (Å²) in [5, 5.41) is 11.5. The highest BCUT2D eigenvalue weighted by Crippen LogP contribution is 2.28. The van der Waals surface area contributed by atoms with Gasteiger partial charge in [0.1, 0.15) is 10.8 Å². The van der Waals surface area contributed by atoms with Gasteiger partial charge < -0.3 is 0 Å². The van der Waals surface area contributed by atoms with Crippen LogP contribution >= 0.6 is 22.9 Å². The summed E-state index contributed by atoms with van der Waals surface area (Å²) >= 11 is 7.09. The first-order chi connectivity index (χ1) is 11.0. The molecular weight excluding hydrogens is 337 g/mol. The van der Waals surface area contributed by atoms with Crippen molar-refractivity contribution in [3.05, 3.63) is 64.4 Å². The smallest absolute Gasteiger partial charge is 0.261 e. The van der Waals surface area contributed by atoms with Gasteiger partial charge in [0.05, 0.1) is 10.6 Å². The fraction of sp³-hybridized carbons (Fsp3) is 0.0625. The van der Waals surface area contributed by atoms with Crippen LogP contribution in [0.2, 0.25) is 5.02 Å². The van der Waals surface area contributed by atoms with Gasteiger partial charge in [-0.1, -0.05) is 52.8 Å². The van der Waals surface area contributed by atoms with Crippen LogP contribution in [0, 0.1) is 12.7 Å². The Morgan fingerprint density at radius 3 is 2.74 bits per heavy atom. The first-order valence-electron chi connectivity index (χ1n) is 6.70. The van der Waals surface area contributed by atoms with Crippen molar-refractivity contribution in [1.29, 1.82) is 0 Å². The summed E-state index contributed by atoms with van der Waals surface area (Å²) in [5.41, 5.74) is 1.80. The molecule has 0 aliphatic heterocycles. The second-order valence-corrected chi connectivity index (χ2v) is 6.22. The third kappa shape index (κ3) is 3.38. The Morgan fingerprint density at radius 1 is 1.22 bits per heavy atom. The van der Waals surface area contributed by atoms with Crippen LogP contribution in [0.3, 0.4) is 0 Å². The van der Waals surface area contributed by atoms with Crippen molar-refractivity contribution in [2.24, 2.45) is 0 Å². The first-order valence-corrected chi connectivity index (χ1v) is 7.90. The number of halogens is 2. The van der Waals surface area contributed by atoms with Crippen molar-refractivity contribution in [3.8, 4) is 10.6 Å². The van der Waals surface area contributed by atoms with Gasteiger partial charge in [0.25, 0.3) is 5.91 Å². The lowest BCUT2D eigenvalue weighted by molar-refractivity contribution is 0.102. The van der Waals surface area contributed by atoms with E-state index in [-0.39, 0.29) is 15.7 Å². The minimum Gasteiger partial charge on any atom is -0.296 e. The standard InChI is InChI=1S/C16H11ClFN3OS/c1-9-4-2-5-10(8-9)15-20-21-16(23-15)19-14(22)13-11(17)6-3-7-12(13)18/h2-8H,1H3,(H,19,21,22). The highest BCUT2D eigenvalue weighted by atomic mass is 35.5. The van der Waals surface area contributed by atoms with E-state index in [1.54, 1.807) is 0 Å². The van der Waals surface area contributed by atoms with Crippen LogP contribution in [-0.2, 0) is 0 Å². The number of rotatable bonds is 3. The minimum absolute atomic E-state index is 0.0472. The molecule has 1 heterocycles. The molecule has 0 atom stereocenters. The number of benzene rings is 2. The van der Waals surface area contributed by atoms with Gasteiger partial charge in [-0.25, -0.2) is 4.39 Å². The Kier molecular flexibility index (Phi) is 4.36. The third-order valence-corrected chi connectivity index (χ3v) is 4.30. The summed E-state index contributed by atoms with van der Waals surface area (Å²) in [5.74, 6) is -1.33. The molecule has 3 aromatic rings. The monoisotopic (exact) mass is 347 g/mol. The molecule has 3 rings (SSSR count). The van der Waals surface area contributed by atoms with E-state index in [4.69, 9.17) is 11.6 Å². The second kappa shape index (κ2) is 6.44. The van der Waals surface area contributed by atoms with Gasteiger partial charge in [0, 0.05) is 5.56 Å². The van der Waals surface area contributed by atoms with Crippen LogP contribution in [0.5, 0.6) is 0 Å². The lowest BCUT2D eigenvalue weighted by atomic mass is 10.1. The molecule has 0 aliphatic rings. The average Bonchev–Trinajstić information content (AvgIpc) is 2.95. The van der Waals surface area contributed by atoms with Gasteiger partial charge in [-0.2, -0.15) is 0 Å². The van der Waals surface area contributed by atoms with Gasteiger partial charge in [-0.3, -0.25) is 10.1 Å². The molecule has 1 amide bonds. The highest BCUT2D eigenvalue weighted by molar-refractivity contribution is 7.18. The maximum absolute atomic E-state index is 13.7. The normalized spacial score (nSPS) is 10.6. The Balaban J connectivity index is 1.83. The van der Waals surface area contributed by atoms with Gasteiger partial charge >= 0.3 is 0 Å². The predicted molar refractivity (Wildman–Crippen MR) is 89.4 cm³/mol. The number of hydrogen-bond donors (Lipinski definition) is 1. The zero-order valence-electron chi connectivity index (χ0n) is 12.0. The Labute approximate surface area is 141 Å². The lowest BCUT2D eigenvalue weighted by Crippen LogP contribution is -2.14. The summed E-state index contributed by atoms with van der Waals surface area (Å²) in [6.07, 6.45) is 0. The second-order valence-electron chi connectivity index (χ2n) is 4.83. The quantitative estimate of drug-likeness (QED) is 0.755. The zero-order chi connectivity index (χ0) is 16.4. The van der Waals surface area contributed by atoms with Crippen molar-refractivity contribution < 1.29 is 9.18 Å². The van der Waals surface area contributed by atoms with Crippen LogP contribution < -0.4 is 5.32 Å². The fourth-order valence-electron chi connectivity index (χ4n) is 2.04. The molecule has 0 fully saturated rings. The Hall–Kier alpha value is -2.31. The molecule has 0 aliphatic carbocycles. The number of carbonyl (C=O) groups is 1. The van der Waals surface area contributed by atoms with Crippen LogP contribution in [0.25, 0.3) is 10.6 Å². The SMILES string of the molecule is Cc1cccc(-c2nnc(NC(=O)c3c(F)cccc3Cl)s2)c1. The first kappa shape index (κ1) is 15.6. The number of nitrogens with one attached hydrogen (secondary N) is 1. The van der Waals surface area contributed by atoms with Gasteiger partial charge in [-0.15, -0.1) is 10.2 Å². The molecular formula is C16H11ClFN3OS. The van der Waals surface area contributed by atoms with Crippen LogP contribution in [0.15, 0.2) is 42.5 Å². The molecule has 0 radical (unpaired) electrons. The summed E-state index contributed by atoms with van der Waals surface area (Å²) in [7, 11) is 0. The van der Waals surface area contributed by atoms with Crippen molar-refractivity contribution in [1.82, 2.24) is 10.2 Å². The number of aromatic nitrogens is 2. The van der Waals surface area contributed by atoms with E-state index in [1.165, 1.54) is 29.5 Å². The highest BCUT2D eigenvalue weighted by Gasteiger charge is 2.17. The number of hydrogen-bond acceptors (Lipinski definition) is 4. The van der Waals surface area contributed by atoms with Crippen molar-refractivity contribution >= 4 is 34.0 Å². The number of amides is 1. The number of nitrogens with zero attached hydrogens (tertiary/aromatic N) is 2. The molecule has 0 bridgehead atoms. The van der Waals surface area contributed by atoms with Gasteiger partial charge in [0.15, 0.2) is 0 Å². The van der Waals surface area contributed by atoms with Gasteiger partial charge in [-0.05, 0) is 25.1 Å². The molecule has 7 heteroatoms. The molecule has 0 spiro atoms. The van der Waals surface area contributed by atoms with Crippen LogP contribution in [0.1, 0.15) is 15.9 Å². The van der Waals surface area contributed by atoms with Crippen molar-refractivity contribution in [2.45, 2.75) is 6.92 Å². The molecule has 1 N–H and O–H groups in total. The van der Waals surface area contributed by atoms with E-state index < -0.39 is 11.7 Å². The average molecular weight is 348 g/mol. The Bertz CT molecular complexity index is 861. The maximum Gasteiger partial charge on any atom is 0.261 e. The molecule has 0 unspecified atom stereocenters. The minimum atomic E-state index is -0.682. The topological polar surface area (TPSA) is 54.9 Å². The van der Waals surface area contributed by atoms with Gasteiger partial charge in [0.2, 0.25) is 5.13 Å². The van der Waals surface area contributed by atoms with Crippen molar-refractivity contribution in [3.63, 3.8) is 0 Å². The van der Waals surface area contributed by atoms with E-state index in [0.29, 0.717) is 5.01 Å². The summed E-state index contributed by atoms with van der Waals surface area (Å²) < 4.78 is 13.7. The molecule has 1 aromatic heterocycles. The largest absolute Gasteiger partial charge is 0.296 e.